The fraction of sp³-hybridized carbons (Fsp3) is 0.467. The Morgan fingerprint density at radius 2 is 2.45 bits per heavy atom. The zero-order valence-corrected chi connectivity index (χ0v) is 11.9. The summed E-state index contributed by atoms with van der Waals surface area (Å²) < 4.78 is 7.39. The van der Waals surface area contributed by atoms with Crippen LogP contribution in [0, 0.1) is 12.8 Å². The molecule has 1 atom stereocenters. The van der Waals surface area contributed by atoms with E-state index in [0.717, 1.165) is 31.8 Å². The lowest BCUT2D eigenvalue weighted by Crippen LogP contribution is -2.35. The molecule has 0 unspecified atom stereocenters. The molecule has 2 aromatic heterocycles. The first-order valence-electron chi connectivity index (χ1n) is 6.94. The predicted molar refractivity (Wildman–Crippen MR) is 74.4 cm³/mol. The van der Waals surface area contributed by atoms with Crippen LogP contribution >= 0.6 is 0 Å². The number of hydrogen-bond acceptors (Lipinski definition) is 3. The fourth-order valence-corrected chi connectivity index (χ4v) is 2.87. The third-order valence-corrected chi connectivity index (χ3v) is 4.00. The molecule has 20 heavy (non-hydrogen) atoms. The molecule has 0 aliphatic carbocycles. The van der Waals surface area contributed by atoms with Crippen molar-refractivity contribution in [2.75, 3.05) is 13.6 Å². The lowest BCUT2D eigenvalue weighted by atomic mass is 9.98. The van der Waals surface area contributed by atoms with E-state index < -0.39 is 0 Å². The maximum atomic E-state index is 12.3. The average molecular weight is 273 g/mol. The summed E-state index contributed by atoms with van der Waals surface area (Å²) in [7, 11) is 1.86. The smallest absolute Gasteiger partial charge is 0.257 e. The van der Waals surface area contributed by atoms with Crippen molar-refractivity contribution in [2.45, 2.75) is 26.3 Å². The van der Waals surface area contributed by atoms with Crippen LogP contribution in [0.25, 0.3) is 0 Å². The lowest BCUT2D eigenvalue weighted by molar-refractivity contribution is 0.0759. The fourth-order valence-electron chi connectivity index (χ4n) is 2.87. The summed E-state index contributed by atoms with van der Waals surface area (Å²) in [6.07, 6.45) is 7.50. The van der Waals surface area contributed by atoms with Gasteiger partial charge < -0.3 is 13.9 Å². The van der Waals surface area contributed by atoms with Crippen LogP contribution in [0.5, 0.6) is 0 Å². The van der Waals surface area contributed by atoms with Crippen LogP contribution in [0.15, 0.2) is 29.1 Å². The van der Waals surface area contributed by atoms with Gasteiger partial charge in [0.15, 0.2) is 0 Å². The van der Waals surface area contributed by atoms with Crippen LogP contribution < -0.4 is 0 Å². The lowest BCUT2D eigenvalue weighted by Gasteiger charge is -2.28. The number of aryl methyl sites for hydroxylation is 2. The Morgan fingerprint density at radius 3 is 3.20 bits per heavy atom. The molecule has 5 nitrogen and oxygen atoms in total. The van der Waals surface area contributed by atoms with E-state index in [4.69, 9.17) is 4.42 Å². The maximum Gasteiger partial charge on any atom is 0.257 e. The van der Waals surface area contributed by atoms with Crippen molar-refractivity contribution in [2.24, 2.45) is 5.92 Å². The van der Waals surface area contributed by atoms with E-state index in [1.807, 2.05) is 26.4 Å². The Bertz CT molecular complexity index is 614. The summed E-state index contributed by atoms with van der Waals surface area (Å²) in [4.78, 5) is 18.5. The highest BCUT2D eigenvalue weighted by Crippen LogP contribution is 2.20. The van der Waals surface area contributed by atoms with Crippen molar-refractivity contribution in [3.05, 3.63) is 41.9 Å². The maximum absolute atomic E-state index is 12.3. The predicted octanol–water partition coefficient (Wildman–Crippen LogP) is 2.12. The Balaban J connectivity index is 1.64. The van der Waals surface area contributed by atoms with Crippen molar-refractivity contribution in [1.29, 1.82) is 0 Å². The van der Waals surface area contributed by atoms with Crippen LogP contribution in [0.3, 0.4) is 0 Å². The third kappa shape index (κ3) is 2.35. The first kappa shape index (κ1) is 13.0. The Morgan fingerprint density at radius 1 is 1.60 bits per heavy atom. The molecule has 1 aliphatic rings. The van der Waals surface area contributed by atoms with Crippen LogP contribution in [-0.4, -0.2) is 34.0 Å². The molecule has 106 valence electrons. The molecule has 2 aromatic rings. The molecule has 0 saturated carbocycles. The number of carbonyl (C=O) groups excluding carboxylic acids is 1. The molecule has 5 heteroatoms. The van der Waals surface area contributed by atoms with Gasteiger partial charge in [-0.05, 0) is 25.3 Å². The highest BCUT2D eigenvalue weighted by Gasteiger charge is 2.23. The minimum absolute atomic E-state index is 0.0349. The minimum atomic E-state index is 0.0349. The van der Waals surface area contributed by atoms with Gasteiger partial charge in [-0.2, -0.15) is 0 Å². The monoisotopic (exact) mass is 273 g/mol. The molecule has 0 radical (unpaired) electrons. The number of aromatic nitrogens is 2. The number of carbonyl (C=O) groups is 1. The minimum Gasteiger partial charge on any atom is -0.469 e. The summed E-state index contributed by atoms with van der Waals surface area (Å²) in [6, 6.07) is 1.74. The third-order valence-electron chi connectivity index (χ3n) is 4.00. The quantitative estimate of drug-likeness (QED) is 0.860. The van der Waals surface area contributed by atoms with Gasteiger partial charge in [-0.3, -0.25) is 4.79 Å². The molecular formula is C15H19N3O2. The van der Waals surface area contributed by atoms with E-state index in [2.05, 4.69) is 9.55 Å². The largest absolute Gasteiger partial charge is 0.469 e. The highest BCUT2D eigenvalue weighted by molar-refractivity contribution is 5.94. The van der Waals surface area contributed by atoms with E-state index in [9.17, 15) is 4.79 Å². The first-order chi connectivity index (χ1) is 9.65. The molecule has 3 heterocycles. The van der Waals surface area contributed by atoms with E-state index in [0.29, 0.717) is 17.2 Å². The van der Waals surface area contributed by atoms with Crippen LogP contribution in [0.1, 0.15) is 28.4 Å². The van der Waals surface area contributed by atoms with Gasteiger partial charge in [0.1, 0.15) is 11.6 Å². The van der Waals surface area contributed by atoms with Gasteiger partial charge in [0.05, 0.1) is 11.8 Å². The number of hydrogen-bond donors (Lipinski definition) is 0. The summed E-state index contributed by atoms with van der Waals surface area (Å²) in [5.41, 5.74) is 0.659. The van der Waals surface area contributed by atoms with Gasteiger partial charge in [-0.25, -0.2) is 4.98 Å². The van der Waals surface area contributed by atoms with E-state index >= 15 is 0 Å². The van der Waals surface area contributed by atoms with Crippen molar-refractivity contribution in [3.8, 4) is 0 Å². The molecule has 0 saturated heterocycles. The summed E-state index contributed by atoms with van der Waals surface area (Å²) in [5.74, 6) is 2.36. The summed E-state index contributed by atoms with van der Waals surface area (Å²) in [6.45, 7) is 3.53. The number of fused-ring (bicyclic) bond motifs is 1. The molecule has 1 amide bonds. The van der Waals surface area contributed by atoms with Gasteiger partial charge in [-0.15, -0.1) is 0 Å². The molecule has 0 spiro atoms. The summed E-state index contributed by atoms with van der Waals surface area (Å²) in [5, 5.41) is 0. The van der Waals surface area contributed by atoms with Gasteiger partial charge >= 0.3 is 0 Å². The number of furan rings is 1. The van der Waals surface area contributed by atoms with E-state index in [1.165, 1.54) is 0 Å². The first-order valence-corrected chi connectivity index (χ1v) is 6.94. The van der Waals surface area contributed by atoms with Gasteiger partial charge in [0.2, 0.25) is 0 Å². The molecule has 1 aliphatic heterocycles. The molecule has 0 N–H and O–H groups in total. The van der Waals surface area contributed by atoms with Crippen molar-refractivity contribution in [3.63, 3.8) is 0 Å². The highest BCUT2D eigenvalue weighted by atomic mass is 16.3. The SMILES string of the molecule is Cc1occc1C(=O)N(C)C[C@@H]1CCc2nccn2C1. The van der Waals surface area contributed by atoms with Crippen LogP contribution in [-0.2, 0) is 13.0 Å². The Kier molecular flexibility index (Phi) is 3.34. The number of nitrogens with zero attached hydrogens (tertiary/aromatic N) is 3. The average Bonchev–Trinajstić information content (AvgIpc) is 3.05. The number of imidazole rings is 1. The second kappa shape index (κ2) is 5.15. The zero-order valence-electron chi connectivity index (χ0n) is 11.9. The second-order valence-corrected chi connectivity index (χ2v) is 5.48. The molecule has 0 bridgehead atoms. The van der Waals surface area contributed by atoms with Gasteiger partial charge in [-0.1, -0.05) is 0 Å². The van der Waals surface area contributed by atoms with E-state index in [1.54, 1.807) is 17.2 Å². The molecule has 3 rings (SSSR count). The van der Waals surface area contributed by atoms with Crippen LogP contribution in [0.2, 0.25) is 0 Å². The Labute approximate surface area is 118 Å². The Hall–Kier alpha value is -2.04. The number of amides is 1. The van der Waals surface area contributed by atoms with Crippen LogP contribution in [0.4, 0.5) is 0 Å². The normalized spacial score (nSPS) is 17.8. The molecule has 0 fully saturated rings. The van der Waals surface area contributed by atoms with Gasteiger partial charge in [0.25, 0.3) is 5.91 Å². The summed E-state index contributed by atoms with van der Waals surface area (Å²) >= 11 is 0. The molecule has 0 aromatic carbocycles. The standard InChI is InChI=1S/C15H19N3O2/c1-11-13(5-8-20-11)15(19)17(2)9-12-3-4-14-16-6-7-18(14)10-12/h5-8,12H,3-4,9-10H2,1-2H3/t12-/m0/s1. The molecular weight excluding hydrogens is 254 g/mol. The zero-order chi connectivity index (χ0) is 14.1. The van der Waals surface area contributed by atoms with Crippen molar-refractivity contribution < 1.29 is 9.21 Å². The number of rotatable bonds is 3. The van der Waals surface area contributed by atoms with Crippen molar-refractivity contribution >= 4 is 5.91 Å². The van der Waals surface area contributed by atoms with Gasteiger partial charge in [0, 0.05) is 39.0 Å². The van der Waals surface area contributed by atoms with Crippen molar-refractivity contribution in [1.82, 2.24) is 14.5 Å². The van der Waals surface area contributed by atoms with E-state index in [-0.39, 0.29) is 5.91 Å². The second-order valence-electron chi connectivity index (χ2n) is 5.48. The topological polar surface area (TPSA) is 51.3 Å².